The van der Waals surface area contributed by atoms with Crippen LogP contribution in [0.5, 0.6) is 0 Å². The normalized spacial score (nSPS) is 16.0. The third-order valence-electron chi connectivity index (χ3n) is 3.19. The summed E-state index contributed by atoms with van der Waals surface area (Å²) in [4.78, 5) is 0. The number of hydrogen-bond acceptors (Lipinski definition) is 3. The molecule has 0 amide bonds. The van der Waals surface area contributed by atoms with E-state index in [1.807, 2.05) is 35.0 Å². The lowest BCUT2D eigenvalue weighted by atomic mass is 9.93. The van der Waals surface area contributed by atoms with Crippen molar-refractivity contribution in [2.24, 2.45) is 0 Å². The molecule has 82 valence electrons. The minimum Gasteiger partial charge on any atom is -0.380 e. The van der Waals surface area contributed by atoms with E-state index in [4.69, 9.17) is 5.73 Å². The lowest BCUT2D eigenvalue weighted by Gasteiger charge is -2.26. The third-order valence-corrected chi connectivity index (χ3v) is 3.19. The number of nitrogens with zero attached hydrogens (tertiary/aromatic N) is 3. The van der Waals surface area contributed by atoms with Crippen molar-refractivity contribution in [2.75, 3.05) is 5.73 Å². The molecule has 1 saturated carbocycles. The van der Waals surface area contributed by atoms with Crippen LogP contribution in [0, 0.1) is 0 Å². The maximum atomic E-state index is 5.90. The topological polar surface area (TPSA) is 56.7 Å². The molecule has 16 heavy (non-hydrogen) atoms. The number of aromatic nitrogens is 3. The van der Waals surface area contributed by atoms with E-state index in [2.05, 4.69) is 10.3 Å². The van der Waals surface area contributed by atoms with Gasteiger partial charge in [-0.15, -0.1) is 5.10 Å². The standard InChI is InChI=1S/C12H14N4/c13-12-11(9-5-2-1-3-6-9)16(15-14-12)10-7-4-8-10/h1-3,5-6,10H,4,7-8,13H2. The zero-order chi connectivity index (χ0) is 11.0. The van der Waals surface area contributed by atoms with Crippen molar-refractivity contribution in [1.29, 1.82) is 0 Å². The fourth-order valence-electron chi connectivity index (χ4n) is 2.07. The molecule has 0 saturated heterocycles. The van der Waals surface area contributed by atoms with E-state index < -0.39 is 0 Å². The Kier molecular flexibility index (Phi) is 2.13. The summed E-state index contributed by atoms with van der Waals surface area (Å²) >= 11 is 0. The Morgan fingerprint density at radius 1 is 1.19 bits per heavy atom. The molecular formula is C12H14N4. The predicted molar refractivity (Wildman–Crippen MR) is 62.8 cm³/mol. The first-order valence-corrected chi connectivity index (χ1v) is 5.62. The van der Waals surface area contributed by atoms with Crippen molar-refractivity contribution < 1.29 is 0 Å². The number of nitrogen functional groups attached to an aromatic ring is 1. The Hall–Kier alpha value is -1.84. The smallest absolute Gasteiger partial charge is 0.174 e. The van der Waals surface area contributed by atoms with Gasteiger partial charge in [-0.1, -0.05) is 35.5 Å². The third kappa shape index (κ3) is 1.38. The Morgan fingerprint density at radius 2 is 1.94 bits per heavy atom. The second-order valence-electron chi connectivity index (χ2n) is 4.22. The van der Waals surface area contributed by atoms with Crippen LogP contribution in [-0.4, -0.2) is 15.0 Å². The number of benzene rings is 1. The van der Waals surface area contributed by atoms with Crippen LogP contribution in [0.25, 0.3) is 11.3 Å². The minimum absolute atomic E-state index is 0.486. The van der Waals surface area contributed by atoms with E-state index in [0.29, 0.717) is 11.9 Å². The van der Waals surface area contributed by atoms with E-state index in [1.165, 1.54) is 19.3 Å². The average Bonchev–Trinajstić information content (AvgIpc) is 2.59. The van der Waals surface area contributed by atoms with Crippen LogP contribution in [0.1, 0.15) is 25.3 Å². The monoisotopic (exact) mass is 214 g/mol. The second-order valence-corrected chi connectivity index (χ2v) is 4.22. The van der Waals surface area contributed by atoms with Gasteiger partial charge in [-0.2, -0.15) is 0 Å². The first-order valence-electron chi connectivity index (χ1n) is 5.62. The Balaban J connectivity index is 2.08. The van der Waals surface area contributed by atoms with E-state index in [9.17, 15) is 0 Å². The number of rotatable bonds is 2. The van der Waals surface area contributed by atoms with Crippen molar-refractivity contribution in [2.45, 2.75) is 25.3 Å². The van der Waals surface area contributed by atoms with Gasteiger partial charge in [0, 0.05) is 5.56 Å². The molecule has 2 aromatic rings. The second kappa shape index (κ2) is 3.63. The van der Waals surface area contributed by atoms with E-state index in [-0.39, 0.29) is 0 Å². The van der Waals surface area contributed by atoms with Crippen LogP contribution < -0.4 is 5.73 Å². The summed E-state index contributed by atoms with van der Waals surface area (Å²) < 4.78 is 1.98. The Morgan fingerprint density at radius 3 is 2.56 bits per heavy atom. The zero-order valence-corrected chi connectivity index (χ0v) is 9.00. The summed E-state index contributed by atoms with van der Waals surface area (Å²) in [7, 11) is 0. The van der Waals surface area contributed by atoms with Crippen molar-refractivity contribution in [3.63, 3.8) is 0 Å². The molecule has 1 fully saturated rings. The van der Waals surface area contributed by atoms with Gasteiger partial charge in [-0.05, 0) is 19.3 Å². The van der Waals surface area contributed by atoms with Gasteiger partial charge in [0.25, 0.3) is 0 Å². The molecule has 3 rings (SSSR count). The molecule has 0 spiro atoms. The molecule has 1 aliphatic rings. The summed E-state index contributed by atoms with van der Waals surface area (Å²) in [6.45, 7) is 0. The number of nitrogens with two attached hydrogens (primary N) is 1. The van der Waals surface area contributed by atoms with E-state index in [0.717, 1.165) is 11.3 Å². The van der Waals surface area contributed by atoms with Crippen LogP contribution in [0.4, 0.5) is 5.82 Å². The highest BCUT2D eigenvalue weighted by atomic mass is 15.5. The van der Waals surface area contributed by atoms with E-state index >= 15 is 0 Å². The molecular weight excluding hydrogens is 200 g/mol. The first-order chi connectivity index (χ1) is 7.86. The maximum Gasteiger partial charge on any atom is 0.174 e. The summed E-state index contributed by atoms with van der Waals surface area (Å²) in [5, 5.41) is 8.14. The van der Waals surface area contributed by atoms with Gasteiger partial charge in [0.15, 0.2) is 5.82 Å². The number of hydrogen-bond donors (Lipinski definition) is 1. The predicted octanol–water partition coefficient (Wildman–Crippen LogP) is 2.25. The molecule has 0 aliphatic heterocycles. The van der Waals surface area contributed by atoms with Crippen molar-refractivity contribution >= 4 is 5.82 Å². The molecule has 1 heterocycles. The largest absolute Gasteiger partial charge is 0.380 e. The van der Waals surface area contributed by atoms with Crippen LogP contribution in [0.15, 0.2) is 30.3 Å². The molecule has 1 aromatic carbocycles. The van der Waals surface area contributed by atoms with E-state index in [1.54, 1.807) is 0 Å². The van der Waals surface area contributed by atoms with Gasteiger partial charge >= 0.3 is 0 Å². The highest BCUT2D eigenvalue weighted by Gasteiger charge is 2.25. The molecule has 4 nitrogen and oxygen atoms in total. The van der Waals surface area contributed by atoms with Gasteiger partial charge in [0.2, 0.25) is 0 Å². The Labute approximate surface area is 94.1 Å². The van der Waals surface area contributed by atoms with Crippen molar-refractivity contribution in [3.05, 3.63) is 30.3 Å². The molecule has 1 aromatic heterocycles. The fourth-order valence-corrected chi connectivity index (χ4v) is 2.07. The average molecular weight is 214 g/mol. The highest BCUT2D eigenvalue weighted by molar-refractivity contribution is 5.69. The molecule has 4 heteroatoms. The summed E-state index contributed by atoms with van der Waals surface area (Å²) in [5.74, 6) is 0.526. The van der Waals surface area contributed by atoms with Gasteiger partial charge in [-0.25, -0.2) is 4.68 Å². The van der Waals surface area contributed by atoms with Crippen molar-refractivity contribution in [3.8, 4) is 11.3 Å². The number of anilines is 1. The molecule has 1 aliphatic carbocycles. The highest BCUT2D eigenvalue weighted by Crippen LogP contribution is 2.36. The van der Waals surface area contributed by atoms with Crippen LogP contribution >= 0.6 is 0 Å². The maximum absolute atomic E-state index is 5.90. The van der Waals surface area contributed by atoms with Crippen LogP contribution in [0.3, 0.4) is 0 Å². The van der Waals surface area contributed by atoms with Gasteiger partial charge in [-0.3, -0.25) is 0 Å². The Bertz CT molecular complexity index is 485. The fraction of sp³-hybridized carbons (Fsp3) is 0.333. The zero-order valence-electron chi connectivity index (χ0n) is 9.00. The summed E-state index contributed by atoms with van der Waals surface area (Å²) in [6.07, 6.45) is 3.64. The van der Waals surface area contributed by atoms with Gasteiger partial charge in [0.1, 0.15) is 5.69 Å². The lowest BCUT2D eigenvalue weighted by Crippen LogP contribution is -2.19. The van der Waals surface area contributed by atoms with Crippen molar-refractivity contribution in [1.82, 2.24) is 15.0 Å². The molecule has 2 N–H and O–H groups in total. The molecule has 0 bridgehead atoms. The first kappa shape index (κ1) is 9.39. The molecule has 0 radical (unpaired) electrons. The lowest BCUT2D eigenvalue weighted by molar-refractivity contribution is 0.287. The molecule has 0 atom stereocenters. The van der Waals surface area contributed by atoms with Crippen LogP contribution in [0.2, 0.25) is 0 Å². The summed E-state index contributed by atoms with van der Waals surface area (Å²) in [6, 6.07) is 10.6. The quantitative estimate of drug-likeness (QED) is 0.834. The SMILES string of the molecule is Nc1nnn(C2CCC2)c1-c1ccccc1. The van der Waals surface area contributed by atoms with Gasteiger partial charge in [0.05, 0.1) is 6.04 Å². The summed E-state index contributed by atoms with van der Waals surface area (Å²) in [5.41, 5.74) is 7.95. The minimum atomic E-state index is 0.486. The van der Waals surface area contributed by atoms with Crippen LogP contribution in [-0.2, 0) is 0 Å². The van der Waals surface area contributed by atoms with Gasteiger partial charge < -0.3 is 5.73 Å². The molecule has 0 unspecified atom stereocenters.